The third-order valence-electron chi connectivity index (χ3n) is 5.60. The standard InChI is InChI=1S/C26H38N2OS/c1-27(2)17-9-5-7-11-21-13-15-23-25(19-21)30-26-20-22(14-16-24(26)29-23)12-8-6-10-18-28(3)4/h13-16,19-20H,5-12,17-18H2,1-4H3. The van der Waals surface area contributed by atoms with Gasteiger partial charge < -0.3 is 14.5 Å². The number of hydrogen-bond acceptors (Lipinski definition) is 4. The molecule has 0 saturated carbocycles. The fourth-order valence-electron chi connectivity index (χ4n) is 3.85. The molecule has 1 aliphatic heterocycles. The number of nitrogens with zero attached hydrogens (tertiary/aromatic N) is 2. The van der Waals surface area contributed by atoms with E-state index in [1.807, 2.05) is 11.8 Å². The summed E-state index contributed by atoms with van der Waals surface area (Å²) in [6, 6.07) is 13.4. The van der Waals surface area contributed by atoms with Gasteiger partial charge >= 0.3 is 0 Å². The van der Waals surface area contributed by atoms with Crippen LogP contribution in [0.4, 0.5) is 0 Å². The van der Waals surface area contributed by atoms with Crippen LogP contribution >= 0.6 is 11.8 Å². The van der Waals surface area contributed by atoms with Gasteiger partial charge in [-0.3, -0.25) is 0 Å². The van der Waals surface area contributed by atoms with Gasteiger partial charge in [0, 0.05) is 0 Å². The molecule has 0 amide bonds. The normalized spacial score (nSPS) is 12.7. The zero-order chi connectivity index (χ0) is 21.3. The van der Waals surface area contributed by atoms with Gasteiger partial charge in [-0.1, -0.05) is 36.7 Å². The van der Waals surface area contributed by atoms with Gasteiger partial charge in [-0.05, 0) is 115 Å². The quantitative estimate of drug-likeness (QED) is 0.307. The molecule has 30 heavy (non-hydrogen) atoms. The van der Waals surface area contributed by atoms with Crippen LogP contribution < -0.4 is 4.74 Å². The maximum atomic E-state index is 6.19. The van der Waals surface area contributed by atoms with Gasteiger partial charge in [-0.25, -0.2) is 0 Å². The Balaban J connectivity index is 1.52. The van der Waals surface area contributed by atoms with E-state index in [2.05, 4.69) is 74.4 Å². The largest absolute Gasteiger partial charge is 0.455 e. The average molecular weight is 427 g/mol. The van der Waals surface area contributed by atoms with E-state index in [-0.39, 0.29) is 0 Å². The first-order chi connectivity index (χ1) is 14.5. The lowest BCUT2D eigenvalue weighted by Gasteiger charge is -2.21. The van der Waals surface area contributed by atoms with E-state index in [1.165, 1.54) is 72.5 Å². The van der Waals surface area contributed by atoms with Crippen molar-refractivity contribution in [1.29, 1.82) is 0 Å². The monoisotopic (exact) mass is 426 g/mol. The molecule has 0 atom stereocenters. The van der Waals surface area contributed by atoms with Crippen LogP contribution in [0.25, 0.3) is 0 Å². The predicted molar refractivity (Wildman–Crippen MR) is 129 cm³/mol. The van der Waals surface area contributed by atoms with Gasteiger partial charge in [0.1, 0.15) is 11.5 Å². The molecule has 0 radical (unpaired) electrons. The third kappa shape index (κ3) is 7.33. The van der Waals surface area contributed by atoms with Crippen LogP contribution in [0.3, 0.4) is 0 Å². The topological polar surface area (TPSA) is 15.7 Å². The molecule has 0 saturated heterocycles. The van der Waals surface area contributed by atoms with E-state index in [1.54, 1.807) is 0 Å². The van der Waals surface area contributed by atoms with Gasteiger partial charge in [0.15, 0.2) is 0 Å². The van der Waals surface area contributed by atoms with Crippen molar-refractivity contribution in [3.05, 3.63) is 47.5 Å². The van der Waals surface area contributed by atoms with E-state index in [0.29, 0.717) is 0 Å². The molecule has 0 aliphatic carbocycles. The summed E-state index contributed by atoms with van der Waals surface area (Å²) in [6.45, 7) is 2.37. The molecule has 3 rings (SSSR count). The Morgan fingerprint density at radius 1 is 0.633 bits per heavy atom. The van der Waals surface area contributed by atoms with Crippen molar-refractivity contribution in [2.24, 2.45) is 0 Å². The Labute approximate surface area is 187 Å². The molecule has 164 valence electrons. The van der Waals surface area contributed by atoms with Crippen molar-refractivity contribution >= 4 is 11.8 Å². The highest BCUT2D eigenvalue weighted by Crippen LogP contribution is 2.47. The third-order valence-corrected chi connectivity index (χ3v) is 6.68. The molecule has 0 unspecified atom stereocenters. The Bertz CT molecular complexity index is 738. The van der Waals surface area contributed by atoms with Crippen LogP contribution in [0.1, 0.15) is 49.7 Å². The van der Waals surface area contributed by atoms with Crippen molar-refractivity contribution in [3.8, 4) is 11.5 Å². The molecule has 2 aromatic rings. The van der Waals surface area contributed by atoms with E-state index < -0.39 is 0 Å². The first-order valence-corrected chi connectivity index (χ1v) is 12.2. The van der Waals surface area contributed by atoms with Crippen molar-refractivity contribution in [2.45, 2.75) is 61.2 Å². The highest BCUT2D eigenvalue weighted by molar-refractivity contribution is 7.99. The number of aryl methyl sites for hydroxylation is 2. The Morgan fingerprint density at radius 3 is 1.53 bits per heavy atom. The summed E-state index contributed by atoms with van der Waals surface area (Å²) < 4.78 is 6.19. The minimum atomic E-state index is 1.00. The molecule has 0 N–H and O–H groups in total. The first kappa shape index (κ1) is 23.2. The van der Waals surface area contributed by atoms with E-state index in [9.17, 15) is 0 Å². The fraction of sp³-hybridized carbons (Fsp3) is 0.538. The smallest absolute Gasteiger partial charge is 0.141 e. The van der Waals surface area contributed by atoms with Crippen LogP contribution in [0.2, 0.25) is 0 Å². The maximum absolute atomic E-state index is 6.19. The molecule has 0 spiro atoms. The van der Waals surface area contributed by atoms with E-state index >= 15 is 0 Å². The lowest BCUT2D eigenvalue weighted by atomic mass is 10.1. The van der Waals surface area contributed by atoms with Crippen LogP contribution in [-0.4, -0.2) is 51.1 Å². The molecule has 0 aromatic heterocycles. The highest BCUT2D eigenvalue weighted by Gasteiger charge is 2.18. The number of unbranched alkanes of at least 4 members (excludes halogenated alkanes) is 4. The van der Waals surface area contributed by atoms with E-state index in [0.717, 1.165) is 24.3 Å². The number of benzene rings is 2. The van der Waals surface area contributed by atoms with Gasteiger partial charge in [0.2, 0.25) is 0 Å². The van der Waals surface area contributed by atoms with Crippen molar-refractivity contribution in [3.63, 3.8) is 0 Å². The average Bonchev–Trinajstić information content (AvgIpc) is 2.71. The van der Waals surface area contributed by atoms with Crippen LogP contribution in [0, 0.1) is 0 Å². The number of fused-ring (bicyclic) bond motifs is 2. The predicted octanol–water partition coefficient (Wildman–Crippen LogP) is 6.49. The molecule has 2 aromatic carbocycles. The summed E-state index contributed by atoms with van der Waals surface area (Å²) in [5, 5.41) is 0. The summed E-state index contributed by atoms with van der Waals surface area (Å²) >= 11 is 1.87. The summed E-state index contributed by atoms with van der Waals surface area (Å²) in [6.07, 6.45) is 9.96. The zero-order valence-corrected chi connectivity index (χ0v) is 20.1. The lowest BCUT2D eigenvalue weighted by molar-refractivity contribution is 0.391. The van der Waals surface area contributed by atoms with E-state index in [4.69, 9.17) is 4.74 Å². The Kier molecular flexibility index (Phi) is 9.10. The highest BCUT2D eigenvalue weighted by atomic mass is 32.2. The molecular formula is C26H38N2OS. The van der Waals surface area contributed by atoms with Gasteiger partial charge in [0.05, 0.1) is 9.79 Å². The van der Waals surface area contributed by atoms with Crippen molar-refractivity contribution < 1.29 is 4.74 Å². The van der Waals surface area contributed by atoms with Gasteiger partial charge in [0.25, 0.3) is 0 Å². The van der Waals surface area contributed by atoms with Crippen LogP contribution in [0.15, 0.2) is 46.2 Å². The SMILES string of the molecule is CN(C)CCCCCc1ccc2c(c1)Sc1cc(CCCCCN(C)C)ccc1O2. The minimum absolute atomic E-state index is 1.00. The second-order valence-corrected chi connectivity index (χ2v) is 10.1. The summed E-state index contributed by atoms with van der Waals surface area (Å²) in [4.78, 5) is 7.05. The van der Waals surface area contributed by atoms with Crippen LogP contribution in [-0.2, 0) is 12.8 Å². The molecule has 0 fully saturated rings. The number of rotatable bonds is 12. The molecule has 4 heteroatoms. The molecule has 3 nitrogen and oxygen atoms in total. The Morgan fingerprint density at radius 2 is 1.10 bits per heavy atom. The fourth-order valence-corrected chi connectivity index (χ4v) is 4.93. The summed E-state index contributed by atoms with van der Waals surface area (Å²) in [5.74, 6) is 2.00. The molecular weight excluding hydrogens is 388 g/mol. The number of ether oxygens (including phenoxy) is 1. The number of hydrogen-bond donors (Lipinski definition) is 0. The molecule has 1 heterocycles. The van der Waals surface area contributed by atoms with Crippen molar-refractivity contribution in [2.75, 3.05) is 41.3 Å². The van der Waals surface area contributed by atoms with Crippen molar-refractivity contribution in [1.82, 2.24) is 9.80 Å². The van der Waals surface area contributed by atoms with Gasteiger partial charge in [-0.15, -0.1) is 0 Å². The minimum Gasteiger partial charge on any atom is -0.455 e. The van der Waals surface area contributed by atoms with Gasteiger partial charge in [-0.2, -0.15) is 0 Å². The second kappa shape index (κ2) is 11.8. The van der Waals surface area contributed by atoms with Crippen LogP contribution in [0.5, 0.6) is 11.5 Å². The summed E-state index contributed by atoms with van der Waals surface area (Å²) in [5.41, 5.74) is 2.85. The molecule has 0 bridgehead atoms. The Hall–Kier alpha value is -1.49. The molecule has 1 aliphatic rings. The zero-order valence-electron chi connectivity index (χ0n) is 19.2. The second-order valence-electron chi connectivity index (χ2n) is 8.99. The first-order valence-electron chi connectivity index (χ1n) is 11.4. The maximum Gasteiger partial charge on any atom is 0.141 e. The summed E-state index contributed by atoms with van der Waals surface area (Å²) in [7, 11) is 8.59. The lowest BCUT2D eigenvalue weighted by Crippen LogP contribution is -2.12.